The summed E-state index contributed by atoms with van der Waals surface area (Å²) >= 11 is 0. The number of nitrogens with zero attached hydrogens (tertiary/aromatic N) is 2. The van der Waals surface area contributed by atoms with E-state index in [0.29, 0.717) is 24.5 Å². The summed E-state index contributed by atoms with van der Waals surface area (Å²) in [4.78, 5) is 4.19. The minimum atomic E-state index is -0.0604. The van der Waals surface area contributed by atoms with Gasteiger partial charge in [0.15, 0.2) is 0 Å². The van der Waals surface area contributed by atoms with E-state index in [1.165, 1.54) is 0 Å². The molecule has 0 saturated carbocycles. The van der Waals surface area contributed by atoms with Crippen molar-refractivity contribution in [2.75, 3.05) is 18.5 Å². The second kappa shape index (κ2) is 7.27. The van der Waals surface area contributed by atoms with Gasteiger partial charge in [0.1, 0.15) is 11.9 Å². The van der Waals surface area contributed by atoms with Gasteiger partial charge in [-0.25, -0.2) is 4.98 Å². The van der Waals surface area contributed by atoms with Crippen LogP contribution in [0.3, 0.4) is 0 Å². The highest BCUT2D eigenvalue weighted by molar-refractivity contribution is 5.51. The molecule has 1 aromatic heterocycles. The Morgan fingerprint density at radius 3 is 2.75 bits per heavy atom. The predicted molar refractivity (Wildman–Crippen MR) is 78.3 cm³/mol. The number of hydrogen-bond donors (Lipinski definition) is 1. The quantitative estimate of drug-likeness (QED) is 0.873. The van der Waals surface area contributed by atoms with E-state index in [9.17, 15) is 0 Å². The number of hydrogen-bond acceptors (Lipinski definition) is 4. The molecule has 2 rings (SSSR count). The first-order valence-corrected chi connectivity index (χ1v) is 6.60. The molecule has 1 heterocycles. The van der Waals surface area contributed by atoms with Crippen LogP contribution in [0, 0.1) is 11.3 Å². The number of nitriles is 1. The Labute approximate surface area is 119 Å². The molecule has 0 bridgehead atoms. The number of ether oxygens (including phenoxy) is 1. The maximum absolute atomic E-state index is 9.04. The fourth-order valence-electron chi connectivity index (χ4n) is 1.97. The number of nitrogens with one attached hydrogen (secondary N) is 1. The fraction of sp³-hybridized carbons (Fsp3) is 0.250. The summed E-state index contributed by atoms with van der Waals surface area (Å²) in [6.07, 6.45) is 1.61. The van der Waals surface area contributed by atoms with Crippen LogP contribution in [0.15, 0.2) is 48.7 Å². The lowest BCUT2D eigenvalue weighted by Gasteiger charge is -2.18. The lowest BCUT2D eigenvalue weighted by atomic mass is 10.1. The summed E-state index contributed by atoms with van der Waals surface area (Å²) in [6.45, 7) is 3.18. The molecular weight excluding hydrogens is 250 g/mol. The minimum Gasteiger partial charge on any atom is -0.372 e. The van der Waals surface area contributed by atoms with Crippen molar-refractivity contribution in [1.29, 1.82) is 5.26 Å². The monoisotopic (exact) mass is 267 g/mol. The molecule has 0 aliphatic rings. The number of pyridine rings is 1. The molecule has 4 heteroatoms. The van der Waals surface area contributed by atoms with E-state index in [-0.39, 0.29) is 6.10 Å². The molecule has 0 aliphatic carbocycles. The standard InChI is InChI=1S/C16H17N3O/c1-2-20-15(13-7-4-3-5-8-13)12-19-16-14(11-17)9-6-10-18-16/h3-10,15H,2,12H2,1H3,(H,18,19). The van der Waals surface area contributed by atoms with Crippen molar-refractivity contribution in [3.63, 3.8) is 0 Å². The van der Waals surface area contributed by atoms with Crippen molar-refractivity contribution < 1.29 is 4.74 Å². The summed E-state index contributed by atoms with van der Waals surface area (Å²) in [5, 5.41) is 12.2. The zero-order chi connectivity index (χ0) is 14.2. The Kier molecular flexibility index (Phi) is 5.10. The Hall–Kier alpha value is -2.38. The minimum absolute atomic E-state index is 0.0604. The molecule has 0 aliphatic heterocycles. The smallest absolute Gasteiger partial charge is 0.143 e. The van der Waals surface area contributed by atoms with E-state index in [4.69, 9.17) is 10.00 Å². The predicted octanol–water partition coefficient (Wildman–Crippen LogP) is 3.14. The van der Waals surface area contributed by atoms with E-state index >= 15 is 0 Å². The van der Waals surface area contributed by atoms with Gasteiger partial charge in [0.25, 0.3) is 0 Å². The first-order valence-electron chi connectivity index (χ1n) is 6.60. The molecular formula is C16H17N3O. The van der Waals surface area contributed by atoms with Crippen molar-refractivity contribution in [2.45, 2.75) is 13.0 Å². The molecule has 1 atom stereocenters. The molecule has 1 aromatic carbocycles. The van der Waals surface area contributed by atoms with Gasteiger partial charge in [0, 0.05) is 19.3 Å². The normalized spacial score (nSPS) is 11.6. The van der Waals surface area contributed by atoms with Crippen LogP contribution >= 0.6 is 0 Å². The number of rotatable bonds is 6. The number of anilines is 1. The highest BCUT2D eigenvalue weighted by Crippen LogP contribution is 2.18. The van der Waals surface area contributed by atoms with Gasteiger partial charge in [-0.2, -0.15) is 5.26 Å². The van der Waals surface area contributed by atoms with Gasteiger partial charge < -0.3 is 10.1 Å². The third kappa shape index (κ3) is 3.56. The van der Waals surface area contributed by atoms with Crippen molar-refractivity contribution in [2.24, 2.45) is 0 Å². The van der Waals surface area contributed by atoms with Gasteiger partial charge in [0.2, 0.25) is 0 Å². The zero-order valence-corrected chi connectivity index (χ0v) is 11.4. The molecule has 2 aromatic rings. The van der Waals surface area contributed by atoms with Gasteiger partial charge in [-0.1, -0.05) is 30.3 Å². The molecule has 0 spiro atoms. The van der Waals surface area contributed by atoms with Crippen LogP contribution in [0.1, 0.15) is 24.2 Å². The molecule has 1 N–H and O–H groups in total. The van der Waals surface area contributed by atoms with Gasteiger partial charge in [-0.05, 0) is 24.6 Å². The van der Waals surface area contributed by atoms with Crippen LogP contribution in [0.2, 0.25) is 0 Å². The third-order valence-electron chi connectivity index (χ3n) is 2.92. The highest BCUT2D eigenvalue weighted by Gasteiger charge is 2.12. The fourth-order valence-corrected chi connectivity index (χ4v) is 1.97. The van der Waals surface area contributed by atoms with Gasteiger partial charge in [-0.3, -0.25) is 0 Å². The lowest BCUT2D eigenvalue weighted by molar-refractivity contribution is 0.0718. The van der Waals surface area contributed by atoms with E-state index in [0.717, 1.165) is 5.56 Å². The van der Waals surface area contributed by atoms with Crippen LogP contribution < -0.4 is 5.32 Å². The van der Waals surface area contributed by atoms with Crippen LogP contribution in [0.25, 0.3) is 0 Å². The van der Waals surface area contributed by atoms with Crippen LogP contribution in [-0.2, 0) is 4.74 Å². The van der Waals surface area contributed by atoms with Crippen molar-refractivity contribution in [3.8, 4) is 6.07 Å². The second-order valence-corrected chi connectivity index (χ2v) is 4.25. The Morgan fingerprint density at radius 1 is 1.25 bits per heavy atom. The summed E-state index contributed by atoms with van der Waals surface area (Å²) < 4.78 is 5.75. The summed E-state index contributed by atoms with van der Waals surface area (Å²) in [7, 11) is 0. The molecule has 20 heavy (non-hydrogen) atoms. The van der Waals surface area contributed by atoms with Crippen molar-refractivity contribution >= 4 is 5.82 Å². The zero-order valence-electron chi connectivity index (χ0n) is 11.4. The van der Waals surface area contributed by atoms with E-state index < -0.39 is 0 Å². The van der Waals surface area contributed by atoms with Gasteiger partial charge in [0.05, 0.1) is 11.7 Å². The topological polar surface area (TPSA) is 57.9 Å². The largest absolute Gasteiger partial charge is 0.372 e. The second-order valence-electron chi connectivity index (χ2n) is 4.25. The number of aromatic nitrogens is 1. The summed E-state index contributed by atoms with van der Waals surface area (Å²) in [5.74, 6) is 0.593. The average molecular weight is 267 g/mol. The maximum Gasteiger partial charge on any atom is 0.143 e. The number of benzene rings is 1. The summed E-state index contributed by atoms with van der Waals surface area (Å²) in [5.41, 5.74) is 1.65. The molecule has 0 radical (unpaired) electrons. The molecule has 0 amide bonds. The molecule has 1 unspecified atom stereocenters. The van der Waals surface area contributed by atoms with Gasteiger partial charge >= 0.3 is 0 Å². The average Bonchev–Trinajstić information content (AvgIpc) is 2.52. The lowest BCUT2D eigenvalue weighted by Crippen LogP contribution is -2.17. The molecule has 102 valence electrons. The highest BCUT2D eigenvalue weighted by atomic mass is 16.5. The Bertz CT molecular complexity index is 578. The Morgan fingerprint density at radius 2 is 2.05 bits per heavy atom. The van der Waals surface area contributed by atoms with E-state index in [2.05, 4.69) is 16.4 Å². The summed E-state index contributed by atoms with van der Waals surface area (Å²) in [6, 6.07) is 15.6. The van der Waals surface area contributed by atoms with E-state index in [1.54, 1.807) is 18.3 Å². The van der Waals surface area contributed by atoms with Crippen molar-refractivity contribution in [3.05, 3.63) is 59.8 Å². The van der Waals surface area contributed by atoms with E-state index in [1.807, 2.05) is 37.3 Å². The van der Waals surface area contributed by atoms with Crippen LogP contribution in [0.5, 0.6) is 0 Å². The SMILES string of the molecule is CCOC(CNc1ncccc1C#N)c1ccccc1. The maximum atomic E-state index is 9.04. The first-order chi connectivity index (χ1) is 9.85. The van der Waals surface area contributed by atoms with Crippen LogP contribution in [0.4, 0.5) is 5.82 Å². The molecule has 0 fully saturated rings. The first kappa shape index (κ1) is 14.0. The Balaban J connectivity index is 2.08. The van der Waals surface area contributed by atoms with Gasteiger partial charge in [-0.15, -0.1) is 0 Å². The van der Waals surface area contributed by atoms with Crippen molar-refractivity contribution in [1.82, 2.24) is 4.98 Å². The van der Waals surface area contributed by atoms with Crippen LogP contribution in [-0.4, -0.2) is 18.1 Å². The third-order valence-corrected chi connectivity index (χ3v) is 2.92. The molecule has 4 nitrogen and oxygen atoms in total. The molecule has 0 saturated heterocycles.